The second kappa shape index (κ2) is 5.58. The van der Waals surface area contributed by atoms with Gasteiger partial charge in [-0.25, -0.2) is 8.78 Å². The lowest BCUT2D eigenvalue weighted by Crippen LogP contribution is -2.46. The van der Waals surface area contributed by atoms with E-state index >= 15 is 0 Å². The summed E-state index contributed by atoms with van der Waals surface area (Å²) in [6.45, 7) is 3.81. The molecule has 0 atom stereocenters. The van der Waals surface area contributed by atoms with E-state index < -0.39 is 11.6 Å². The number of hydrogen-bond donors (Lipinski definition) is 1. The average Bonchev–Trinajstić information content (AvgIpc) is 2.96. The van der Waals surface area contributed by atoms with Crippen molar-refractivity contribution in [2.45, 2.75) is 6.54 Å². The number of nitrogens with zero attached hydrogens (tertiary/aromatic N) is 3. The van der Waals surface area contributed by atoms with Crippen LogP contribution in [0.15, 0.2) is 30.5 Å². The third-order valence-electron chi connectivity index (χ3n) is 3.60. The summed E-state index contributed by atoms with van der Waals surface area (Å²) in [4.78, 5) is 4.16. The molecule has 0 amide bonds. The van der Waals surface area contributed by atoms with Gasteiger partial charge in [-0.3, -0.25) is 10.00 Å². The van der Waals surface area contributed by atoms with Crippen LogP contribution in [0.1, 0.15) is 5.69 Å². The normalized spacial score (nSPS) is 16.6. The second-order valence-electron chi connectivity index (χ2n) is 4.92. The molecule has 106 valence electrons. The molecule has 6 heteroatoms. The van der Waals surface area contributed by atoms with Crippen LogP contribution in [0.3, 0.4) is 0 Å². The van der Waals surface area contributed by atoms with E-state index in [2.05, 4.69) is 15.1 Å². The van der Waals surface area contributed by atoms with Crippen LogP contribution in [0.5, 0.6) is 0 Å². The largest absolute Gasteiger partial charge is 0.367 e. The molecule has 1 aromatic heterocycles. The Hall–Kier alpha value is -1.95. The molecule has 1 N–H and O–H groups in total. The Morgan fingerprint density at radius 1 is 1.10 bits per heavy atom. The van der Waals surface area contributed by atoms with E-state index in [0.29, 0.717) is 18.8 Å². The maximum atomic E-state index is 13.7. The fraction of sp³-hybridized carbons (Fsp3) is 0.357. The van der Waals surface area contributed by atoms with Crippen molar-refractivity contribution in [3.8, 4) is 0 Å². The van der Waals surface area contributed by atoms with Gasteiger partial charge in [0.1, 0.15) is 0 Å². The average molecular weight is 278 g/mol. The molecule has 0 aliphatic carbocycles. The van der Waals surface area contributed by atoms with Crippen molar-refractivity contribution in [1.29, 1.82) is 0 Å². The summed E-state index contributed by atoms with van der Waals surface area (Å²) >= 11 is 0. The topological polar surface area (TPSA) is 35.2 Å². The number of H-pyrrole nitrogens is 1. The van der Waals surface area contributed by atoms with E-state index in [0.717, 1.165) is 31.4 Å². The smallest absolute Gasteiger partial charge is 0.182 e. The number of aromatic amines is 1. The quantitative estimate of drug-likeness (QED) is 0.933. The number of rotatable bonds is 3. The van der Waals surface area contributed by atoms with Gasteiger partial charge >= 0.3 is 0 Å². The molecular weight excluding hydrogens is 262 g/mol. The summed E-state index contributed by atoms with van der Waals surface area (Å²) in [6.07, 6.45) is 1.73. The van der Waals surface area contributed by atoms with Crippen molar-refractivity contribution in [2.75, 3.05) is 31.1 Å². The van der Waals surface area contributed by atoms with Crippen molar-refractivity contribution >= 4 is 5.69 Å². The molecule has 0 unspecified atom stereocenters. The minimum absolute atomic E-state index is 0.353. The molecule has 2 aromatic rings. The molecule has 20 heavy (non-hydrogen) atoms. The lowest BCUT2D eigenvalue weighted by molar-refractivity contribution is 0.246. The van der Waals surface area contributed by atoms with Gasteiger partial charge in [0.2, 0.25) is 0 Å². The van der Waals surface area contributed by atoms with Gasteiger partial charge in [-0.1, -0.05) is 6.07 Å². The Morgan fingerprint density at radius 3 is 2.60 bits per heavy atom. The fourth-order valence-electron chi connectivity index (χ4n) is 2.50. The highest BCUT2D eigenvalue weighted by molar-refractivity contribution is 5.48. The molecule has 3 rings (SSSR count). The molecular formula is C14H16F2N4. The van der Waals surface area contributed by atoms with E-state index in [9.17, 15) is 8.78 Å². The highest BCUT2D eigenvalue weighted by Gasteiger charge is 2.21. The number of hydrogen-bond acceptors (Lipinski definition) is 3. The summed E-state index contributed by atoms with van der Waals surface area (Å²) in [5.41, 5.74) is 1.42. The predicted molar refractivity (Wildman–Crippen MR) is 72.4 cm³/mol. The van der Waals surface area contributed by atoms with Gasteiger partial charge in [0.05, 0.1) is 5.69 Å². The van der Waals surface area contributed by atoms with Crippen LogP contribution in [-0.2, 0) is 6.54 Å². The van der Waals surface area contributed by atoms with Gasteiger partial charge in [0.15, 0.2) is 11.6 Å². The first-order valence-electron chi connectivity index (χ1n) is 6.63. The van der Waals surface area contributed by atoms with Crippen LogP contribution < -0.4 is 4.90 Å². The van der Waals surface area contributed by atoms with E-state index in [1.807, 2.05) is 11.0 Å². The molecule has 4 nitrogen and oxygen atoms in total. The van der Waals surface area contributed by atoms with Crippen molar-refractivity contribution in [2.24, 2.45) is 0 Å². The van der Waals surface area contributed by atoms with Gasteiger partial charge in [0, 0.05) is 44.6 Å². The summed E-state index contributed by atoms with van der Waals surface area (Å²) in [5, 5.41) is 6.85. The van der Waals surface area contributed by atoms with Crippen LogP contribution in [0.25, 0.3) is 0 Å². The predicted octanol–water partition coefficient (Wildman–Crippen LogP) is 2.01. The SMILES string of the molecule is Fc1cccc(N2CCN(Cc3ccn[nH]3)CC2)c1F. The summed E-state index contributed by atoms with van der Waals surface area (Å²) in [5.74, 6) is -1.54. The molecule has 2 heterocycles. The number of anilines is 1. The Labute approximate surface area is 116 Å². The number of benzene rings is 1. The number of nitrogens with one attached hydrogen (secondary N) is 1. The zero-order chi connectivity index (χ0) is 13.9. The Balaban J connectivity index is 1.62. The van der Waals surface area contributed by atoms with Crippen LogP contribution in [0, 0.1) is 11.6 Å². The molecule has 1 aliphatic heterocycles. The summed E-state index contributed by atoms with van der Waals surface area (Å²) < 4.78 is 27.0. The Kier molecular flexibility index (Phi) is 3.64. The fourth-order valence-corrected chi connectivity index (χ4v) is 2.50. The first kappa shape index (κ1) is 13.1. The van der Waals surface area contributed by atoms with E-state index in [-0.39, 0.29) is 0 Å². The Bertz CT molecular complexity index is 563. The van der Waals surface area contributed by atoms with Gasteiger partial charge in [-0.2, -0.15) is 5.10 Å². The molecule has 0 radical (unpaired) electrons. The third kappa shape index (κ3) is 2.65. The first-order chi connectivity index (χ1) is 9.74. The lowest BCUT2D eigenvalue weighted by Gasteiger charge is -2.35. The van der Waals surface area contributed by atoms with Crippen LogP contribution in [-0.4, -0.2) is 41.3 Å². The van der Waals surface area contributed by atoms with Crippen molar-refractivity contribution < 1.29 is 8.78 Å². The number of piperazine rings is 1. The zero-order valence-electron chi connectivity index (χ0n) is 11.0. The maximum Gasteiger partial charge on any atom is 0.182 e. The van der Waals surface area contributed by atoms with Crippen molar-refractivity contribution in [3.05, 3.63) is 47.8 Å². The summed E-state index contributed by atoms with van der Waals surface area (Å²) in [6, 6.07) is 6.26. The zero-order valence-corrected chi connectivity index (χ0v) is 11.0. The van der Waals surface area contributed by atoms with Gasteiger partial charge in [0.25, 0.3) is 0 Å². The third-order valence-corrected chi connectivity index (χ3v) is 3.60. The van der Waals surface area contributed by atoms with E-state index in [1.165, 1.54) is 0 Å². The van der Waals surface area contributed by atoms with Crippen molar-refractivity contribution in [1.82, 2.24) is 15.1 Å². The number of aromatic nitrogens is 2. The highest BCUT2D eigenvalue weighted by Crippen LogP contribution is 2.22. The van der Waals surface area contributed by atoms with Gasteiger partial charge in [-0.05, 0) is 18.2 Å². The Morgan fingerprint density at radius 2 is 1.90 bits per heavy atom. The molecule has 1 aromatic carbocycles. The van der Waals surface area contributed by atoms with Crippen LogP contribution in [0.2, 0.25) is 0 Å². The summed E-state index contributed by atoms with van der Waals surface area (Å²) in [7, 11) is 0. The van der Waals surface area contributed by atoms with Crippen molar-refractivity contribution in [3.63, 3.8) is 0 Å². The minimum atomic E-state index is -0.789. The first-order valence-corrected chi connectivity index (χ1v) is 6.63. The highest BCUT2D eigenvalue weighted by atomic mass is 19.2. The molecule has 0 bridgehead atoms. The molecule has 1 fully saturated rings. The van der Waals surface area contributed by atoms with Crippen LogP contribution >= 0.6 is 0 Å². The molecule has 0 saturated carbocycles. The molecule has 1 aliphatic rings. The molecule has 1 saturated heterocycles. The van der Waals surface area contributed by atoms with E-state index in [4.69, 9.17) is 0 Å². The second-order valence-corrected chi connectivity index (χ2v) is 4.92. The lowest BCUT2D eigenvalue weighted by atomic mass is 10.2. The van der Waals surface area contributed by atoms with Gasteiger partial charge in [-0.15, -0.1) is 0 Å². The monoisotopic (exact) mass is 278 g/mol. The standard InChI is InChI=1S/C14H16F2N4/c15-12-2-1-3-13(14(12)16)20-8-6-19(7-9-20)10-11-4-5-17-18-11/h1-5H,6-10H2,(H,17,18). The van der Waals surface area contributed by atoms with Gasteiger partial charge < -0.3 is 4.90 Å². The maximum absolute atomic E-state index is 13.7. The number of halogens is 2. The van der Waals surface area contributed by atoms with E-state index in [1.54, 1.807) is 18.3 Å². The van der Waals surface area contributed by atoms with Crippen LogP contribution in [0.4, 0.5) is 14.5 Å². The minimum Gasteiger partial charge on any atom is -0.367 e. The molecule has 0 spiro atoms.